The van der Waals surface area contributed by atoms with Gasteiger partial charge in [-0.25, -0.2) is 0 Å². The van der Waals surface area contributed by atoms with E-state index in [0.717, 1.165) is 24.3 Å². The van der Waals surface area contributed by atoms with Gasteiger partial charge < -0.3 is 15.1 Å². The minimum absolute atomic E-state index is 0.0202. The average Bonchev–Trinajstić information content (AvgIpc) is 2.80. The monoisotopic (exact) mass is 245 g/mol. The Bertz CT molecular complexity index is 527. The highest BCUT2D eigenvalue weighted by Gasteiger charge is 2.29. The number of likely N-dealkylation sites (N-methyl/N-ethyl adjacent to an activating group) is 1. The lowest BCUT2D eigenvalue weighted by Crippen LogP contribution is -2.52. The van der Waals surface area contributed by atoms with Crippen LogP contribution in [0.4, 0.5) is 11.4 Å². The van der Waals surface area contributed by atoms with E-state index in [0.29, 0.717) is 0 Å². The van der Waals surface area contributed by atoms with E-state index in [4.69, 9.17) is 0 Å². The lowest BCUT2D eigenvalue weighted by Gasteiger charge is -2.31. The van der Waals surface area contributed by atoms with Crippen LogP contribution in [0.2, 0.25) is 0 Å². The second-order valence-electron chi connectivity index (χ2n) is 4.75. The highest BCUT2D eigenvalue weighted by Crippen LogP contribution is 2.28. The van der Waals surface area contributed by atoms with Crippen molar-refractivity contribution in [1.29, 1.82) is 0 Å². The second-order valence-corrected chi connectivity index (χ2v) is 4.75. The van der Waals surface area contributed by atoms with Gasteiger partial charge in [0.2, 0.25) is 11.8 Å². The summed E-state index contributed by atoms with van der Waals surface area (Å²) in [5, 5.41) is 3.28. The number of hydrogen-bond donors (Lipinski definition) is 1. The first kappa shape index (κ1) is 11.1. The Labute approximate surface area is 105 Å². The number of nitrogens with zero attached hydrogens (tertiary/aromatic N) is 2. The van der Waals surface area contributed by atoms with Crippen molar-refractivity contribution in [3.05, 3.63) is 23.8 Å². The summed E-state index contributed by atoms with van der Waals surface area (Å²) >= 11 is 0. The summed E-state index contributed by atoms with van der Waals surface area (Å²) in [4.78, 5) is 26.7. The van der Waals surface area contributed by atoms with E-state index >= 15 is 0 Å². The van der Waals surface area contributed by atoms with Crippen LogP contribution in [0.15, 0.2) is 18.2 Å². The zero-order valence-corrected chi connectivity index (χ0v) is 10.3. The quantitative estimate of drug-likeness (QED) is 0.782. The average molecular weight is 245 g/mol. The lowest BCUT2D eigenvalue weighted by atomic mass is 10.1. The van der Waals surface area contributed by atoms with E-state index in [1.165, 1.54) is 10.5 Å². The normalized spacial score (nSPS) is 18.9. The molecule has 5 heteroatoms. The lowest BCUT2D eigenvalue weighted by molar-refractivity contribution is -0.136. The van der Waals surface area contributed by atoms with Crippen LogP contribution in [0, 0.1) is 0 Å². The van der Waals surface area contributed by atoms with Gasteiger partial charge in [-0.05, 0) is 30.2 Å². The third-order valence-electron chi connectivity index (χ3n) is 3.50. The predicted octanol–water partition coefficient (Wildman–Crippen LogP) is 0.460. The van der Waals surface area contributed by atoms with Gasteiger partial charge in [-0.1, -0.05) is 0 Å². The van der Waals surface area contributed by atoms with Crippen molar-refractivity contribution in [2.24, 2.45) is 0 Å². The summed E-state index contributed by atoms with van der Waals surface area (Å²) in [6, 6.07) is 5.88. The molecule has 1 saturated heterocycles. The number of carbonyl (C=O) groups is 2. The first-order valence-corrected chi connectivity index (χ1v) is 6.06. The summed E-state index contributed by atoms with van der Waals surface area (Å²) in [7, 11) is 1.66. The van der Waals surface area contributed by atoms with E-state index in [1.807, 2.05) is 18.2 Å². The molecule has 0 aromatic heterocycles. The molecule has 2 aliphatic heterocycles. The Balaban J connectivity index is 1.90. The summed E-state index contributed by atoms with van der Waals surface area (Å²) in [5.41, 5.74) is 3.17. The van der Waals surface area contributed by atoms with Crippen molar-refractivity contribution in [2.75, 3.05) is 36.9 Å². The van der Waals surface area contributed by atoms with Gasteiger partial charge in [0.1, 0.15) is 6.54 Å². The van der Waals surface area contributed by atoms with Crippen molar-refractivity contribution >= 4 is 23.2 Å². The predicted molar refractivity (Wildman–Crippen MR) is 68.6 cm³/mol. The number of rotatable bonds is 1. The van der Waals surface area contributed by atoms with Crippen molar-refractivity contribution in [3.63, 3.8) is 0 Å². The summed E-state index contributed by atoms with van der Waals surface area (Å²) < 4.78 is 0. The van der Waals surface area contributed by atoms with Crippen LogP contribution in [0.5, 0.6) is 0 Å². The molecule has 0 saturated carbocycles. The number of carbonyl (C=O) groups excluding carboxylic acids is 2. The molecule has 94 valence electrons. The fourth-order valence-corrected chi connectivity index (χ4v) is 2.41. The number of benzene rings is 1. The molecule has 1 aromatic carbocycles. The van der Waals surface area contributed by atoms with Gasteiger partial charge in [-0.2, -0.15) is 0 Å². The minimum Gasteiger partial charge on any atom is -0.384 e. The maximum atomic E-state index is 12.0. The van der Waals surface area contributed by atoms with Crippen LogP contribution in [0.25, 0.3) is 0 Å². The molecular weight excluding hydrogens is 230 g/mol. The largest absolute Gasteiger partial charge is 0.384 e. The molecule has 0 bridgehead atoms. The van der Waals surface area contributed by atoms with Gasteiger partial charge in [-0.15, -0.1) is 0 Å². The Morgan fingerprint density at radius 3 is 2.83 bits per heavy atom. The van der Waals surface area contributed by atoms with Crippen LogP contribution < -0.4 is 10.2 Å². The van der Waals surface area contributed by atoms with Gasteiger partial charge in [0.15, 0.2) is 0 Å². The van der Waals surface area contributed by atoms with Gasteiger partial charge in [-0.3, -0.25) is 9.59 Å². The van der Waals surface area contributed by atoms with Crippen molar-refractivity contribution in [2.45, 2.75) is 6.42 Å². The minimum atomic E-state index is -0.0250. The SMILES string of the molecule is CN1CC(=O)N(c2ccc3c(c2)CCN3)CC1=O. The van der Waals surface area contributed by atoms with Crippen LogP contribution >= 0.6 is 0 Å². The topological polar surface area (TPSA) is 52.7 Å². The Morgan fingerprint density at radius 2 is 2.00 bits per heavy atom. The molecule has 0 aliphatic carbocycles. The van der Waals surface area contributed by atoms with Crippen molar-refractivity contribution in [3.8, 4) is 0 Å². The molecule has 18 heavy (non-hydrogen) atoms. The molecule has 1 aromatic rings. The van der Waals surface area contributed by atoms with E-state index in [9.17, 15) is 9.59 Å². The van der Waals surface area contributed by atoms with Crippen LogP contribution in [-0.2, 0) is 16.0 Å². The molecule has 0 radical (unpaired) electrons. The smallest absolute Gasteiger partial charge is 0.247 e. The maximum absolute atomic E-state index is 12.0. The molecule has 3 rings (SSSR count). The molecule has 2 amide bonds. The van der Waals surface area contributed by atoms with Gasteiger partial charge in [0.25, 0.3) is 0 Å². The molecule has 2 heterocycles. The summed E-state index contributed by atoms with van der Waals surface area (Å²) in [6.07, 6.45) is 0.971. The number of amides is 2. The Morgan fingerprint density at radius 1 is 1.17 bits per heavy atom. The first-order chi connectivity index (χ1) is 8.65. The zero-order chi connectivity index (χ0) is 12.7. The highest BCUT2D eigenvalue weighted by atomic mass is 16.2. The number of hydrogen-bond acceptors (Lipinski definition) is 3. The molecular formula is C13H15N3O2. The fraction of sp³-hybridized carbons (Fsp3) is 0.385. The first-order valence-electron chi connectivity index (χ1n) is 6.06. The molecule has 1 fully saturated rings. The van der Waals surface area contributed by atoms with E-state index < -0.39 is 0 Å². The van der Waals surface area contributed by atoms with Crippen LogP contribution in [0.3, 0.4) is 0 Å². The number of anilines is 2. The van der Waals surface area contributed by atoms with Gasteiger partial charge in [0.05, 0.1) is 6.54 Å². The zero-order valence-electron chi connectivity index (χ0n) is 10.3. The van der Waals surface area contributed by atoms with Gasteiger partial charge in [0, 0.05) is 25.0 Å². The number of nitrogens with one attached hydrogen (secondary N) is 1. The molecule has 0 atom stereocenters. The van der Waals surface area contributed by atoms with Crippen molar-refractivity contribution in [1.82, 2.24) is 4.90 Å². The number of fused-ring (bicyclic) bond motifs is 1. The van der Waals surface area contributed by atoms with Crippen LogP contribution in [0.1, 0.15) is 5.56 Å². The molecule has 1 N–H and O–H groups in total. The Hall–Kier alpha value is -2.04. The van der Waals surface area contributed by atoms with E-state index in [2.05, 4.69) is 5.32 Å². The number of piperazine rings is 1. The summed E-state index contributed by atoms with van der Waals surface area (Å²) in [5.74, 6) is -0.0452. The van der Waals surface area contributed by atoms with Crippen LogP contribution in [-0.4, -0.2) is 43.4 Å². The molecule has 0 spiro atoms. The van der Waals surface area contributed by atoms with E-state index in [1.54, 1.807) is 11.9 Å². The molecule has 0 unspecified atom stereocenters. The third kappa shape index (κ3) is 1.72. The maximum Gasteiger partial charge on any atom is 0.247 e. The molecule has 2 aliphatic rings. The van der Waals surface area contributed by atoms with E-state index in [-0.39, 0.29) is 24.9 Å². The Kier molecular flexibility index (Phi) is 2.47. The second kappa shape index (κ2) is 4.01. The fourth-order valence-electron chi connectivity index (χ4n) is 2.41. The third-order valence-corrected chi connectivity index (χ3v) is 3.50. The van der Waals surface area contributed by atoms with Crippen molar-refractivity contribution < 1.29 is 9.59 Å². The molecule has 5 nitrogen and oxygen atoms in total. The summed E-state index contributed by atoms with van der Waals surface area (Å²) in [6.45, 7) is 1.24. The standard InChI is InChI=1S/C13H15N3O2/c1-15-7-13(18)16(8-12(15)17)10-2-3-11-9(6-10)4-5-14-11/h2-3,6,14H,4-5,7-8H2,1H3. The highest BCUT2D eigenvalue weighted by molar-refractivity contribution is 6.04. The van der Waals surface area contributed by atoms with Gasteiger partial charge >= 0.3 is 0 Å².